The van der Waals surface area contributed by atoms with Crippen LogP contribution < -0.4 is 11.3 Å². The highest BCUT2D eigenvalue weighted by molar-refractivity contribution is 7.09. The molecule has 2 rings (SSSR count). The minimum atomic E-state index is 0.141. The monoisotopic (exact) mass is 267 g/mol. The summed E-state index contributed by atoms with van der Waals surface area (Å²) in [4.78, 5) is 4.03. The van der Waals surface area contributed by atoms with Crippen LogP contribution in [0, 0.1) is 0 Å². The van der Waals surface area contributed by atoms with Crippen molar-refractivity contribution in [2.45, 2.75) is 51.1 Å². The minimum absolute atomic E-state index is 0.141. The Morgan fingerprint density at radius 3 is 2.72 bits per heavy atom. The fourth-order valence-electron chi connectivity index (χ4n) is 2.90. The summed E-state index contributed by atoms with van der Waals surface area (Å²) in [5.74, 6) is 5.79. The molecule has 4 heteroatoms. The third kappa shape index (κ3) is 3.12. The molecule has 18 heavy (non-hydrogen) atoms. The van der Waals surface area contributed by atoms with Crippen molar-refractivity contribution in [3.63, 3.8) is 0 Å². The van der Waals surface area contributed by atoms with Gasteiger partial charge >= 0.3 is 0 Å². The summed E-state index contributed by atoms with van der Waals surface area (Å²) >= 11 is 1.84. The van der Waals surface area contributed by atoms with E-state index in [0.29, 0.717) is 6.04 Å². The van der Waals surface area contributed by atoms with E-state index >= 15 is 0 Å². The lowest BCUT2D eigenvalue weighted by Gasteiger charge is -2.42. The van der Waals surface area contributed by atoms with Crippen LogP contribution in [0.1, 0.15) is 38.0 Å². The van der Waals surface area contributed by atoms with Crippen LogP contribution in [0.4, 0.5) is 0 Å². The Labute approximate surface area is 114 Å². The fourth-order valence-corrected chi connectivity index (χ4v) is 3.62. The average molecular weight is 267 g/mol. The fraction of sp³-hybridized carbons (Fsp3) is 0.714. The van der Waals surface area contributed by atoms with E-state index in [1.165, 1.54) is 30.8 Å². The number of aryl methyl sites for hydroxylation is 1. The van der Waals surface area contributed by atoms with E-state index in [1.54, 1.807) is 0 Å². The number of nitrogens with two attached hydrogens (primary N) is 1. The molecule has 1 saturated heterocycles. The first-order valence-corrected chi connectivity index (χ1v) is 7.76. The van der Waals surface area contributed by atoms with Crippen molar-refractivity contribution in [1.82, 2.24) is 10.3 Å². The van der Waals surface area contributed by atoms with Crippen LogP contribution in [0.15, 0.2) is 17.5 Å². The molecule has 0 saturated carbocycles. The van der Waals surface area contributed by atoms with Crippen LogP contribution in [0.25, 0.3) is 0 Å². The van der Waals surface area contributed by atoms with Gasteiger partial charge in [-0.15, -0.1) is 11.3 Å². The first-order chi connectivity index (χ1) is 8.64. The minimum Gasteiger partial charge on any atom is -0.297 e. The SMILES string of the molecule is CC(C)(C(CCc1cccs1)NN)N1CCCC1. The predicted molar refractivity (Wildman–Crippen MR) is 78.6 cm³/mol. The van der Waals surface area contributed by atoms with E-state index in [-0.39, 0.29) is 5.54 Å². The zero-order chi connectivity index (χ0) is 13.0. The molecule has 0 aromatic carbocycles. The number of nitrogens with one attached hydrogen (secondary N) is 1. The predicted octanol–water partition coefficient (Wildman–Crippen LogP) is 2.39. The van der Waals surface area contributed by atoms with Gasteiger partial charge in [0, 0.05) is 16.5 Å². The third-order valence-corrected chi connectivity index (χ3v) is 5.17. The number of hydrazine groups is 1. The normalized spacial score (nSPS) is 19.3. The molecule has 1 fully saturated rings. The number of rotatable bonds is 6. The first-order valence-electron chi connectivity index (χ1n) is 6.88. The Morgan fingerprint density at radius 1 is 1.44 bits per heavy atom. The van der Waals surface area contributed by atoms with E-state index < -0.39 is 0 Å². The van der Waals surface area contributed by atoms with Gasteiger partial charge in [0.25, 0.3) is 0 Å². The summed E-state index contributed by atoms with van der Waals surface area (Å²) in [6.07, 6.45) is 4.86. The van der Waals surface area contributed by atoms with E-state index in [4.69, 9.17) is 5.84 Å². The van der Waals surface area contributed by atoms with Crippen molar-refractivity contribution >= 4 is 11.3 Å². The molecule has 0 spiro atoms. The lowest BCUT2D eigenvalue weighted by Crippen LogP contribution is -2.58. The molecule has 1 atom stereocenters. The van der Waals surface area contributed by atoms with Crippen LogP contribution in [0.2, 0.25) is 0 Å². The molecule has 1 aromatic heterocycles. The topological polar surface area (TPSA) is 41.3 Å². The second kappa shape index (κ2) is 6.15. The Kier molecular flexibility index (Phi) is 4.78. The summed E-state index contributed by atoms with van der Waals surface area (Å²) in [5.41, 5.74) is 3.19. The van der Waals surface area contributed by atoms with Gasteiger partial charge in [-0.1, -0.05) is 6.07 Å². The Hall–Kier alpha value is -0.420. The van der Waals surface area contributed by atoms with Crippen molar-refractivity contribution in [2.75, 3.05) is 13.1 Å². The van der Waals surface area contributed by atoms with E-state index in [0.717, 1.165) is 12.8 Å². The number of hydrogen-bond donors (Lipinski definition) is 2. The third-order valence-electron chi connectivity index (χ3n) is 4.23. The highest BCUT2D eigenvalue weighted by atomic mass is 32.1. The van der Waals surface area contributed by atoms with Gasteiger partial charge in [0.05, 0.1) is 0 Å². The second-order valence-corrected chi connectivity index (χ2v) is 6.72. The molecule has 2 heterocycles. The van der Waals surface area contributed by atoms with Crippen molar-refractivity contribution in [2.24, 2.45) is 5.84 Å². The van der Waals surface area contributed by atoms with E-state index in [9.17, 15) is 0 Å². The second-order valence-electron chi connectivity index (χ2n) is 5.69. The molecule has 0 aliphatic carbocycles. The van der Waals surface area contributed by atoms with Crippen molar-refractivity contribution in [3.8, 4) is 0 Å². The molecule has 3 nitrogen and oxygen atoms in total. The molecule has 1 aliphatic rings. The summed E-state index contributed by atoms with van der Waals surface area (Å²) in [7, 11) is 0. The maximum Gasteiger partial charge on any atom is 0.0392 e. The molecule has 3 N–H and O–H groups in total. The van der Waals surface area contributed by atoms with Gasteiger partial charge in [0.15, 0.2) is 0 Å². The number of nitrogens with zero attached hydrogens (tertiary/aromatic N) is 1. The van der Waals surface area contributed by atoms with E-state index in [1.807, 2.05) is 11.3 Å². The molecule has 1 aromatic rings. The number of likely N-dealkylation sites (tertiary alicyclic amines) is 1. The maximum atomic E-state index is 5.79. The van der Waals surface area contributed by atoms with Gasteiger partial charge in [-0.3, -0.25) is 16.2 Å². The van der Waals surface area contributed by atoms with Crippen molar-refractivity contribution in [3.05, 3.63) is 22.4 Å². The lowest BCUT2D eigenvalue weighted by molar-refractivity contribution is 0.103. The van der Waals surface area contributed by atoms with Gasteiger partial charge in [-0.25, -0.2) is 0 Å². The molecule has 102 valence electrons. The quantitative estimate of drug-likeness (QED) is 0.614. The maximum absolute atomic E-state index is 5.79. The molecule has 1 unspecified atom stereocenters. The van der Waals surface area contributed by atoms with Crippen LogP contribution in [-0.4, -0.2) is 29.6 Å². The van der Waals surface area contributed by atoms with Crippen LogP contribution in [0.5, 0.6) is 0 Å². The van der Waals surface area contributed by atoms with Crippen LogP contribution in [-0.2, 0) is 6.42 Å². The van der Waals surface area contributed by atoms with Crippen molar-refractivity contribution in [1.29, 1.82) is 0 Å². The van der Waals surface area contributed by atoms with Gasteiger partial charge in [-0.05, 0) is 64.1 Å². The summed E-state index contributed by atoms with van der Waals surface area (Å²) in [5, 5.41) is 2.14. The Morgan fingerprint density at radius 2 is 2.17 bits per heavy atom. The lowest BCUT2D eigenvalue weighted by atomic mass is 9.89. The van der Waals surface area contributed by atoms with Crippen molar-refractivity contribution < 1.29 is 0 Å². The van der Waals surface area contributed by atoms with Crippen LogP contribution >= 0.6 is 11.3 Å². The summed E-state index contributed by atoms with van der Waals surface area (Å²) in [6, 6.07) is 4.68. The molecular weight excluding hydrogens is 242 g/mol. The summed E-state index contributed by atoms with van der Waals surface area (Å²) < 4.78 is 0. The molecule has 0 amide bonds. The molecular formula is C14H25N3S. The zero-order valence-electron chi connectivity index (χ0n) is 11.5. The number of thiophene rings is 1. The Bertz CT molecular complexity index is 342. The first kappa shape index (κ1) is 14.0. The standard InChI is InChI=1S/C14H25N3S/c1-14(2,17-9-3-4-10-17)13(16-15)8-7-12-6-5-11-18-12/h5-6,11,13,16H,3-4,7-10,15H2,1-2H3. The Balaban J connectivity index is 1.94. The molecule has 0 bridgehead atoms. The molecule has 0 radical (unpaired) electrons. The van der Waals surface area contributed by atoms with E-state index in [2.05, 4.69) is 41.7 Å². The smallest absolute Gasteiger partial charge is 0.0392 e. The van der Waals surface area contributed by atoms with Crippen LogP contribution in [0.3, 0.4) is 0 Å². The van der Waals surface area contributed by atoms with Gasteiger partial charge in [0.2, 0.25) is 0 Å². The number of hydrogen-bond acceptors (Lipinski definition) is 4. The van der Waals surface area contributed by atoms with Gasteiger partial charge in [0.1, 0.15) is 0 Å². The zero-order valence-corrected chi connectivity index (χ0v) is 12.3. The van der Waals surface area contributed by atoms with Gasteiger partial charge in [-0.2, -0.15) is 0 Å². The largest absolute Gasteiger partial charge is 0.297 e. The molecule has 1 aliphatic heterocycles. The summed E-state index contributed by atoms with van der Waals surface area (Å²) in [6.45, 7) is 7.06. The van der Waals surface area contributed by atoms with Gasteiger partial charge < -0.3 is 0 Å². The highest BCUT2D eigenvalue weighted by Gasteiger charge is 2.35. The average Bonchev–Trinajstić information content (AvgIpc) is 3.03. The highest BCUT2D eigenvalue weighted by Crippen LogP contribution is 2.26.